The summed E-state index contributed by atoms with van der Waals surface area (Å²) in [6.07, 6.45) is 0. The van der Waals surface area contributed by atoms with Crippen molar-refractivity contribution < 1.29 is 4.79 Å². The summed E-state index contributed by atoms with van der Waals surface area (Å²) in [5.74, 6) is 0. The minimum atomic E-state index is -0.00950. The van der Waals surface area contributed by atoms with Crippen LogP contribution in [-0.4, -0.2) is 37.1 Å². The fourth-order valence-corrected chi connectivity index (χ4v) is 3.34. The van der Waals surface area contributed by atoms with E-state index < -0.39 is 0 Å². The SMILES string of the molecule is Cc1cc(C)cc(NC(=O)N2CCN(c3ccc(C)c(C)c3)CC2)c1. The predicted molar refractivity (Wildman–Crippen MR) is 105 cm³/mol. The van der Waals surface area contributed by atoms with Gasteiger partial charge in [0.25, 0.3) is 0 Å². The lowest BCUT2D eigenvalue weighted by Crippen LogP contribution is -2.50. The van der Waals surface area contributed by atoms with E-state index in [1.54, 1.807) is 0 Å². The fraction of sp³-hybridized carbons (Fsp3) is 0.381. The summed E-state index contributed by atoms with van der Waals surface area (Å²) in [6, 6.07) is 12.7. The van der Waals surface area contributed by atoms with Crippen LogP contribution in [0.3, 0.4) is 0 Å². The highest BCUT2D eigenvalue weighted by atomic mass is 16.2. The highest BCUT2D eigenvalue weighted by Gasteiger charge is 2.21. The third kappa shape index (κ3) is 4.13. The van der Waals surface area contributed by atoms with Crippen molar-refractivity contribution in [2.45, 2.75) is 27.7 Å². The quantitative estimate of drug-likeness (QED) is 0.888. The van der Waals surface area contributed by atoms with E-state index in [0.717, 1.165) is 43.0 Å². The molecule has 132 valence electrons. The van der Waals surface area contributed by atoms with Crippen molar-refractivity contribution in [1.29, 1.82) is 0 Å². The predicted octanol–water partition coefficient (Wildman–Crippen LogP) is 4.27. The van der Waals surface area contributed by atoms with E-state index in [4.69, 9.17) is 0 Å². The molecule has 2 amide bonds. The Balaban J connectivity index is 1.59. The molecule has 4 nitrogen and oxygen atoms in total. The van der Waals surface area contributed by atoms with Crippen molar-refractivity contribution in [3.05, 3.63) is 58.7 Å². The molecule has 0 atom stereocenters. The number of piperazine rings is 1. The number of hydrogen-bond donors (Lipinski definition) is 1. The minimum absolute atomic E-state index is 0.00950. The molecule has 3 rings (SSSR count). The molecule has 1 heterocycles. The van der Waals surface area contributed by atoms with E-state index in [-0.39, 0.29) is 6.03 Å². The van der Waals surface area contributed by atoms with Gasteiger partial charge in [-0.25, -0.2) is 4.79 Å². The van der Waals surface area contributed by atoms with Gasteiger partial charge in [-0.1, -0.05) is 12.1 Å². The van der Waals surface area contributed by atoms with Crippen molar-refractivity contribution in [2.75, 3.05) is 36.4 Å². The van der Waals surface area contributed by atoms with Crippen LogP contribution in [0, 0.1) is 27.7 Å². The normalized spacial score (nSPS) is 14.6. The van der Waals surface area contributed by atoms with Crippen LogP contribution in [0.5, 0.6) is 0 Å². The summed E-state index contributed by atoms with van der Waals surface area (Å²) < 4.78 is 0. The van der Waals surface area contributed by atoms with Crippen LogP contribution in [0.1, 0.15) is 22.3 Å². The van der Waals surface area contributed by atoms with Gasteiger partial charge in [-0.15, -0.1) is 0 Å². The van der Waals surface area contributed by atoms with Crippen LogP contribution in [0.25, 0.3) is 0 Å². The number of urea groups is 1. The Bertz CT molecular complexity index is 756. The Hall–Kier alpha value is -2.49. The number of hydrogen-bond acceptors (Lipinski definition) is 2. The maximum atomic E-state index is 12.5. The first-order valence-corrected chi connectivity index (χ1v) is 8.89. The fourth-order valence-electron chi connectivity index (χ4n) is 3.34. The highest BCUT2D eigenvalue weighted by molar-refractivity contribution is 5.89. The summed E-state index contributed by atoms with van der Waals surface area (Å²) in [6.45, 7) is 11.6. The lowest BCUT2D eigenvalue weighted by Gasteiger charge is -2.36. The standard InChI is InChI=1S/C21H27N3O/c1-15-11-16(2)13-19(12-15)22-21(25)24-9-7-23(8-10-24)20-6-5-17(3)18(4)14-20/h5-6,11-14H,7-10H2,1-4H3,(H,22,25). The van der Waals surface area contributed by atoms with Crippen molar-refractivity contribution in [3.63, 3.8) is 0 Å². The molecule has 1 aliphatic heterocycles. The summed E-state index contributed by atoms with van der Waals surface area (Å²) in [5, 5.41) is 3.03. The van der Waals surface area contributed by atoms with E-state index in [1.807, 2.05) is 30.9 Å². The summed E-state index contributed by atoms with van der Waals surface area (Å²) >= 11 is 0. The second-order valence-electron chi connectivity index (χ2n) is 7.05. The number of nitrogens with zero attached hydrogens (tertiary/aromatic N) is 2. The molecule has 25 heavy (non-hydrogen) atoms. The van der Waals surface area contributed by atoms with Crippen LogP contribution < -0.4 is 10.2 Å². The molecular formula is C21H27N3O. The minimum Gasteiger partial charge on any atom is -0.368 e. The van der Waals surface area contributed by atoms with Gasteiger partial charge in [-0.05, 0) is 74.2 Å². The van der Waals surface area contributed by atoms with Crippen molar-refractivity contribution in [1.82, 2.24) is 4.90 Å². The Kier molecular flexibility index (Phi) is 4.98. The van der Waals surface area contributed by atoms with E-state index in [1.165, 1.54) is 16.8 Å². The Morgan fingerprint density at radius 2 is 1.48 bits per heavy atom. The Labute approximate surface area is 150 Å². The van der Waals surface area contributed by atoms with Crippen LogP contribution in [0.4, 0.5) is 16.2 Å². The van der Waals surface area contributed by atoms with Crippen LogP contribution >= 0.6 is 0 Å². The lowest BCUT2D eigenvalue weighted by atomic mass is 10.1. The van der Waals surface area contributed by atoms with Crippen LogP contribution in [0.15, 0.2) is 36.4 Å². The zero-order chi connectivity index (χ0) is 18.0. The molecule has 1 fully saturated rings. The molecule has 2 aromatic carbocycles. The number of aryl methyl sites for hydroxylation is 4. The van der Waals surface area contributed by atoms with Gasteiger partial charge in [-0.3, -0.25) is 0 Å². The first kappa shape index (κ1) is 17.3. The van der Waals surface area contributed by atoms with E-state index in [9.17, 15) is 4.79 Å². The Morgan fingerprint density at radius 1 is 0.840 bits per heavy atom. The maximum absolute atomic E-state index is 12.5. The molecule has 1 N–H and O–H groups in total. The molecule has 0 aliphatic carbocycles. The zero-order valence-electron chi connectivity index (χ0n) is 15.6. The first-order chi connectivity index (χ1) is 11.9. The second-order valence-corrected chi connectivity index (χ2v) is 7.05. The summed E-state index contributed by atoms with van der Waals surface area (Å²) in [5.41, 5.74) is 7.07. The maximum Gasteiger partial charge on any atom is 0.321 e. The number of carbonyl (C=O) groups is 1. The molecule has 1 aliphatic rings. The van der Waals surface area contributed by atoms with Gasteiger partial charge in [-0.2, -0.15) is 0 Å². The van der Waals surface area contributed by atoms with E-state index >= 15 is 0 Å². The molecule has 4 heteroatoms. The van der Waals surface area contributed by atoms with Gasteiger partial charge in [0.2, 0.25) is 0 Å². The molecule has 0 radical (unpaired) electrons. The number of carbonyl (C=O) groups excluding carboxylic acids is 1. The third-order valence-electron chi connectivity index (χ3n) is 4.90. The zero-order valence-corrected chi connectivity index (χ0v) is 15.6. The second kappa shape index (κ2) is 7.18. The number of nitrogens with one attached hydrogen (secondary N) is 1. The van der Waals surface area contributed by atoms with Gasteiger partial charge in [0.1, 0.15) is 0 Å². The monoisotopic (exact) mass is 337 g/mol. The first-order valence-electron chi connectivity index (χ1n) is 8.89. The average Bonchev–Trinajstić information content (AvgIpc) is 2.56. The molecule has 0 spiro atoms. The van der Waals surface area contributed by atoms with Crippen LogP contribution in [-0.2, 0) is 0 Å². The summed E-state index contributed by atoms with van der Waals surface area (Å²) in [7, 11) is 0. The van der Waals surface area contributed by atoms with E-state index in [0.29, 0.717) is 0 Å². The van der Waals surface area contributed by atoms with Gasteiger partial charge < -0.3 is 15.1 Å². The topological polar surface area (TPSA) is 35.6 Å². The van der Waals surface area contributed by atoms with Crippen LogP contribution in [0.2, 0.25) is 0 Å². The van der Waals surface area contributed by atoms with Gasteiger partial charge in [0, 0.05) is 37.6 Å². The smallest absolute Gasteiger partial charge is 0.321 e. The molecule has 0 bridgehead atoms. The Morgan fingerprint density at radius 3 is 2.08 bits per heavy atom. The number of amides is 2. The van der Waals surface area contributed by atoms with Crippen molar-refractivity contribution >= 4 is 17.4 Å². The largest absolute Gasteiger partial charge is 0.368 e. The molecule has 0 saturated carbocycles. The molecule has 2 aromatic rings. The average molecular weight is 337 g/mol. The third-order valence-corrected chi connectivity index (χ3v) is 4.90. The van der Waals surface area contributed by atoms with E-state index in [2.05, 4.69) is 48.3 Å². The summed E-state index contributed by atoms with van der Waals surface area (Å²) in [4.78, 5) is 16.8. The number of rotatable bonds is 2. The van der Waals surface area contributed by atoms with Gasteiger partial charge in [0.05, 0.1) is 0 Å². The molecule has 0 aromatic heterocycles. The molecule has 1 saturated heterocycles. The van der Waals surface area contributed by atoms with Gasteiger partial charge in [0.15, 0.2) is 0 Å². The number of anilines is 2. The molecular weight excluding hydrogens is 310 g/mol. The van der Waals surface area contributed by atoms with Gasteiger partial charge >= 0.3 is 6.03 Å². The highest BCUT2D eigenvalue weighted by Crippen LogP contribution is 2.21. The van der Waals surface area contributed by atoms with Crippen molar-refractivity contribution in [2.24, 2.45) is 0 Å². The van der Waals surface area contributed by atoms with Crippen molar-refractivity contribution in [3.8, 4) is 0 Å². The lowest BCUT2D eigenvalue weighted by molar-refractivity contribution is 0.208. The molecule has 0 unspecified atom stereocenters. The number of benzene rings is 2.